The Morgan fingerprint density at radius 1 is 1.50 bits per heavy atom. The molecular formula is C9H9NO4. The van der Waals surface area contributed by atoms with Crippen LogP contribution in [0.2, 0.25) is 0 Å². The normalized spacial score (nSPS) is 9.29. The maximum atomic E-state index is 11.0. The quantitative estimate of drug-likeness (QED) is 0.524. The number of esters is 1. The molecule has 1 aromatic rings. The number of ether oxygens (including phenoxy) is 2. The van der Waals surface area contributed by atoms with Crippen molar-refractivity contribution >= 4 is 12.3 Å². The summed E-state index contributed by atoms with van der Waals surface area (Å²) in [5.74, 6) is -0.261. The van der Waals surface area contributed by atoms with Crippen molar-refractivity contribution in [2.75, 3.05) is 14.2 Å². The Kier molecular flexibility index (Phi) is 3.17. The molecule has 5 nitrogen and oxygen atoms in total. The van der Waals surface area contributed by atoms with Gasteiger partial charge in [0.2, 0.25) is 0 Å². The van der Waals surface area contributed by atoms with Crippen molar-refractivity contribution in [3.05, 3.63) is 23.5 Å². The zero-order valence-electron chi connectivity index (χ0n) is 7.81. The molecule has 1 rings (SSSR count). The van der Waals surface area contributed by atoms with Gasteiger partial charge in [0.1, 0.15) is 11.4 Å². The molecule has 0 saturated carbocycles. The first kappa shape index (κ1) is 10.2. The molecule has 0 fully saturated rings. The number of hydrogen-bond acceptors (Lipinski definition) is 5. The second kappa shape index (κ2) is 4.36. The Morgan fingerprint density at radius 2 is 2.21 bits per heavy atom. The van der Waals surface area contributed by atoms with Gasteiger partial charge in [-0.15, -0.1) is 0 Å². The van der Waals surface area contributed by atoms with Crippen molar-refractivity contribution in [1.29, 1.82) is 0 Å². The number of carbonyl (C=O) groups excluding carboxylic acids is 2. The first-order valence-electron chi connectivity index (χ1n) is 3.80. The fourth-order valence-electron chi connectivity index (χ4n) is 0.937. The molecule has 0 atom stereocenters. The van der Waals surface area contributed by atoms with Gasteiger partial charge in [-0.2, -0.15) is 0 Å². The van der Waals surface area contributed by atoms with Gasteiger partial charge in [0, 0.05) is 0 Å². The van der Waals surface area contributed by atoms with E-state index in [0.717, 1.165) is 0 Å². The van der Waals surface area contributed by atoms with Crippen LogP contribution in [-0.4, -0.2) is 31.5 Å². The van der Waals surface area contributed by atoms with Gasteiger partial charge in [-0.1, -0.05) is 0 Å². The Balaban J connectivity index is 3.13. The first-order valence-corrected chi connectivity index (χ1v) is 3.80. The highest BCUT2D eigenvalue weighted by molar-refractivity contribution is 5.90. The third kappa shape index (κ3) is 1.87. The van der Waals surface area contributed by atoms with Crippen LogP contribution in [0.25, 0.3) is 0 Å². The van der Waals surface area contributed by atoms with Gasteiger partial charge in [-0.05, 0) is 6.07 Å². The second-order valence-electron chi connectivity index (χ2n) is 2.42. The van der Waals surface area contributed by atoms with Crippen LogP contribution in [0.4, 0.5) is 0 Å². The van der Waals surface area contributed by atoms with Gasteiger partial charge in [0.05, 0.1) is 26.0 Å². The molecule has 0 aliphatic rings. The highest BCUT2D eigenvalue weighted by Gasteiger charge is 2.10. The molecule has 5 heteroatoms. The van der Waals surface area contributed by atoms with E-state index in [9.17, 15) is 9.59 Å². The van der Waals surface area contributed by atoms with E-state index in [4.69, 9.17) is 4.74 Å². The van der Waals surface area contributed by atoms with E-state index >= 15 is 0 Å². The molecule has 1 heterocycles. The minimum absolute atomic E-state index is 0.0791. The Morgan fingerprint density at radius 3 is 2.71 bits per heavy atom. The summed E-state index contributed by atoms with van der Waals surface area (Å²) in [4.78, 5) is 25.4. The molecule has 0 aromatic carbocycles. The van der Waals surface area contributed by atoms with Gasteiger partial charge in [0.15, 0.2) is 6.29 Å². The number of rotatable bonds is 3. The van der Waals surface area contributed by atoms with Gasteiger partial charge >= 0.3 is 5.97 Å². The van der Waals surface area contributed by atoms with E-state index in [2.05, 4.69) is 9.72 Å². The molecule has 74 valence electrons. The van der Waals surface area contributed by atoms with E-state index in [1.807, 2.05) is 0 Å². The summed E-state index contributed by atoms with van der Waals surface area (Å²) in [6.45, 7) is 0. The summed E-state index contributed by atoms with van der Waals surface area (Å²) < 4.78 is 9.31. The maximum absolute atomic E-state index is 11.0. The van der Waals surface area contributed by atoms with Crippen molar-refractivity contribution in [1.82, 2.24) is 4.98 Å². The second-order valence-corrected chi connectivity index (χ2v) is 2.42. The van der Waals surface area contributed by atoms with Crippen molar-refractivity contribution in [2.24, 2.45) is 0 Å². The van der Waals surface area contributed by atoms with Crippen LogP contribution in [0.3, 0.4) is 0 Å². The molecule has 0 N–H and O–H groups in total. The van der Waals surface area contributed by atoms with Crippen LogP contribution in [-0.2, 0) is 4.74 Å². The van der Waals surface area contributed by atoms with Crippen LogP contribution in [0.1, 0.15) is 20.8 Å². The SMILES string of the molecule is COC(=O)c1cc(C=O)c(OC)cn1. The molecule has 0 aliphatic carbocycles. The summed E-state index contributed by atoms with van der Waals surface area (Å²) in [6.07, 6.45) is 1.89. The van der Waals surface area contributed by atoms with E-state index in [-0.39, 0.29) is 11.3 Å². The maximum Gasteiger partial charge on any atom is 0.356 e. The van der Waals surface area contributed by atoms with Crippen LogP contribution < -0.4 is 4.74 Å². The predicted octanol–water partition coefficient (Wildman–Crippen LogP) is 0.689. The topological polar surface area (TPSA) is 65.5 Å². The third-order valence-electron chi connectivity index (χ3n) is 1.64. The first-order chi connectivity index (χ1) is 6.72. The highest BCUT2D eigenvalue weighted by Crippen LogP contribution is 2.15. The molecule has 0 aliphatic heterocycles. The number of methoxy groups -OCH3 is 2. The number of aromatic nitrogens is 1. The largest absolute Gasteiger partial charge is 0.494 e. The van der Waals surface area contributed by atoms with Crippen LogP contribution in [0, 0.1) is 0 Å². The lowest BCUT2D eigenvalue weighted by molar-refractivity contribution is 0.0594. The molecule has 0 saturated heterocycles. The highest BCUT2D eigenvalue weighted by atomic mass is 16.5. The minimum atomic E-state index is -0.587. The summed E-state index contributed by atoms with van der Waals surface area (Å²) in [5, 5.41) is 0. The number of carbonyl (C=O) groups is 2. The number of pyridine rings is 1. The van der Waals surface area contributed by atoms with E-state index in [0.29, 0.717) is 12.0 Å². The van der Waals surface area contributed by atoms with Gasteiger partial charge in [-0.3, -0.25) is 4.79 Å². The van der Waals surface area contributed by atoms with Crippen molar-refractivity contribution in [3.8, 4) is 5.75 Å². The smallest absolute Gasteiger partial charge is 0.356 e. The lowest BCUT2D eigenvalue weighted by Gasteiger charge is -2.03. The molecule has 0 spiro atoms. The zero-order chi connectivity index (χ0) is 10.6. The van der Waals surface area contributed by atoms with E-state index in [1.54, 1.807) is 0 Å². The number of aldehydes is 1. The lowest BCUT2D eigenvalue weighted by atomic mass is 10.2. The molecular weight excluding hydrogens is 186 g/mol. The molecule has 0 bridgehead atoms. The summed E-state index contributed by atoms with van der Waals surface area (Å²) in [5.41, 5.74) is 0.346. The van der Waals surface area contributed by atoms with Gasteiger partial charge in [0.25, 0.3) is 0 Å². The number of hydrogen-bond donors (Lipinski definition) is 0. The van der Waals surface area contributed by atoms with Gasteiger partial charge in [-0.25, -0.2) is 9.78 Å². The van der Waals surface area contributed by atoms with Crippen LogP contribution in [0.5, 0.6) is 5.75 Å². The van der Waals surface area contributed by atoms with Crippen LogP contribution >= 0.6 is 0 Å². The third-order valence-corrected chi connectivity index (χ3v) is 1.64. The monoisotopic (exact) mass is 195 g/mol. The summed E-state index contributed by atoms with van der Waals surface area (Å²) >= 11 is 0. The molecule has 0 amide bonds. The molecule has 14 heavy (non-hydrogen) atoms. The fraction of sp³-hybridized carbons (Fsp3) is 0.222. The van der Waals surface area contributed by atoms with E-state index < -0.39 is 5.97 Å². The van der Waals surface area contributed by atoms with Crippen molar-refractivity contribution in [3.63, 3.8) is 0 Å². The van der Waals surface area contributed by atoms with Crippen molar-refractivity contribution < 1.29 is 19.1 Å². The van der Waals surface area contributed by atoms with Gasteiger partial charge < -0.3 is 9.47 Å². The zero-order valence-corrected chi connectivity index (χ0v) is 7.81. The Hall–Kier alpha value is -1.91. The minimum Gasteiger partial charge on any atom is -0.494 e. The molecule has 0 unspecified atom stereocenters. The summed E-state index contributed by atoms with van der Waals surface area (Å²) in [6, 6.07) is 1.32. The lowest BCUT2D eigenvalue weighted by Crippen LogP contribution is -2.05. The standard InChI is InChI=1S/C9H9NO4/c1-13-8-4-10-7(9(12)14-2)3-6(8)5-11/h3-5H,1-2H3. The molecule has 0 radical (unpaired) electrons. The number of nitrogens with zero attached hydrogens (tertiary/aromatic N) is 1. The fourth-order valence-corrected chi connectivity index (χ4v) is 0.937. The predicted molar refractivity (Wildman–Crippen MR) is 47.5 cm³/mol. The summed E-state index contributed by atoms with van der Waals surface area (Å²) in [7, 11) is 2.66. The average molecular weight is 195 g/mol. The average Bonchev–Trinajstić information content (AvgIpc) is 2.26. The Labute approximate surface area is 80.7 Å². The Bertz CT molecular complexity index is 362. The van der Waals surface area contributed by atoms with E-state index in [1.165, 1.54) is 26.5 Å². The molecule has 1 aromatic heterocycles. The van der Waals surface area contributed by atoms with Crippen LogP contribution in [0.15, 0.2) is 12.3 Å². The van der Waals surface area contributed by atoms with Crippen molar-refractivity contribution in [2.45, 2.75) is 0 Å².